The molecule has 3 rings (SSSR count). The molecule has 4 amide bonds. The van der Waals surface area contributed by atoms with Gasteiger partial charge in [-0.15, -0.1) is 0 Å². The highest BCUT2D eigenvalue weighted by Gasteiger charge is 2.45. The van der Waals surface area contributed by atoms with Crippen LogP contribution in [0.3, 0.4) is 0 Å². The Kier molecular flexibility index (Phi) is 3.94. The van der Waals surface area contributed by atoms with Gasteiger partial charge in [-0.3, -0.25) is 9.59 Å². The minimum absolute atomic E-state index is 0.00125. The topological polar surface area (TPSA) is 90.5 Å². The predicted octanol–water partition coefficient (Wildman–Crippen LogP) is 0.929. The minimum atomic E-state index is -0.687. The van der Waals surface area contributed by atoms with Crippen molar-refractivity contribution in [2.24, 2.45) is 0 Å². The molecule has 1 aromatic carbocycles. The standard InChI is InChI=1S/C16H20N4O3/c1-9(2)17-16(23)19-12-7-8-20-13(12)14(21)18-11-6-4-3-5-10(11)15(20)22/h3-6,9,12-13H,7-8H2,1-2H3,(H,18,21)(H2,17,19,23). The molecule has 3 N–H and O–H groups in total. The normalized spacial score (nSPS) is 23.0. The SMILES string of the molecule is CC(C)NC(=O)NC1CCN2C(=O)c3ccccc3NC(=O)C12. The molecule has 7 heteroatoms. The van der Waals surface area contributed by atoms with Crippen molar-refractivity contribution in [3.8, 4) is 0 Å². The van der Waals surface area contributed by atoms with Gasteiger partial charge in [-0.25, -0.2) is 4.79 Å². The van der Waals surface area contributed by atoms with E-state index in [0.717, 1.165) is 0 Å². The van der Waals surface area contributed by atoms with E-state index >= 15 is 0 Å². The van der Waals surface area contributed by atoms with Gasteiger partial charge in [-0.1, -0.05) is 12.1 Å². The van der Waals surface area contributed by atoms with E-state index in [1.54, 1.807) is 29.2 Å². The second kappa shape index (κ2) is 5.91. The Morgan fingerprint density at radius 1 is 1.30 bits per heavy atom. The summed E-state index contributed by atoms with van der Waals surface area (Å²) in [5.41, 5.74) is 0.998. The van der Waals surface area contributed by atoms with Gasteiger partial charge in [0.15, 0.2) is 0 Å². The third-order valence-corrected chi connectivity index (χ3v) is 4.08. The number of rotatable bonds is 2. The van der Waals surface area contributed by atoms with Gasteiger partial charge in [0.05, 0.1) is 17.3 Å². The van der Waals surface area contributed by atoms with E-state index in [0.29, 0.717) is 24.2 Å². The Morgan fingerprint density at radius 2 is 2.04 bits per heavy atom. The summed E-state index contributed by atoms with van der Waals surface area (Å²) in [5, 5.41) is 8.34. The Bertz CT molecular complexity index is 658. The molecule has 1 saturated heterocycles. The average molecular weight is 316 g/mol. The lowest BCUT2D eigenvalue weighted by Crippen LogP contribution is -2.54. The van der Waals surface area contributed by atoms with E-state index in [1.165, 1.54) is 0 Å². The number of nitrogens with zero attached hydrogens (tertiary/aromatic N) is 1. The Hall–Kier alpha value is -2.57. The Labute approximate surface area is 134 Å². The van der Waals surface area contributed by atoms with Crippen LogP contribution in [0.5, 0.6) is 0 Å². The molecule has 0 saturated carbocycles. The molecule has 0 spiro atoms. The van der Waals surface area contributed by atoms with Crippen LogP contribution in [0.2, 0.25) is 0 Å². The lowest BCUT2D eigenvalue weighted by atomic mass is 10.1. The van der Waals surface area contributed by atoms with Gasteiger partial charge in [0.1, 0.15) is 6.04 Å². The Balaban J connectivity index is 1.83. The molecule has 0 aromatic heterocycles. The number of anilines is 1. The first-order chi connectivity index (χ1) is 11.0. The van der Waals surface area contributed by atoms with Gasteiger partial charge >= 0.3 is 6.03 Å². The summed E-state index contributed by atoms with van der Waals surface area (Å²) in [6.45, 7) is 4.16. The summed E-state index contributed by atoms with van der Waals surface area (Å²) in [6.07, 6.45) is 0.553. The first kappa shape index (κ1) is 15.3. The predicted molar refractivity (Wildman–Crippen MR) is 85.1 cm³/mol. The largest absolute Gasteiger partial charge is 0.336 e. The van der Waals surface area contributed by atoms with E-state index in [9.17, 15) is 14.4 Å². The quantitative estimate of drug-likeness (QED) is 0.758. The monoisotopic (exact) mass is 316 g/mol. The molecule has 122 valence electrons. The molecule has 2 aliphatic heterocycles. The second-order valence-electron chi connectivity index (χ2n) is 6.15. The van der Waals surface area contributed by atoms with E-state index in [2.05, 4.69) is 16.0 Å². The molecule has 0 radical (unpaired) electrons. The molecule has 2 heterocycles. The lowest BCUT2D eigenvalue weighted by Gasteiger charge is -2.25. The van der Waals surface area contributed by atoms with E-state index in [1.807, 2.05) is 13.8 Å². The number of hydrogen-bond acceptors (Lipinski definition) is 3. The van der Waals surface area contributed by atoms with Gasteiger partial charge in [-0.2, -0.15) is 0 Å². The zero-order valence-corrected chi connectivity index (χ0v) is 13.1. The maximum atomic E-state index is 12.7. The average Bonchev–Trinajstić information content (AvgIpc) is 2.85. The number of benzene rings is 1. The van der Waals surface area contributed by atoms with Crippen molar-refractivity contribution < 1.29 is 14.4 Å². The van der Waals surface area contributed by atoms with Crippen molar-refractivity contribution in [1.29, 1.82) is 0 Å². The van der Waals surface area contributed by atoms with Crippen molar-refractivity contribution >= 4 is 23.5 Å². The molecule has 2 unspecified atom stereocenters. The van der Waals surface area contributed by atoms with Gasteiger partial charge < -0.3 is 20.9 Å². The van der Waals surface area contributed by atoms with Gasteiger partial charge in [0.2, 0.25) is 5.91 Å². The molecule has 7 nitrogen and oxygen atoms in total. The van der Waals surface area contributed by atoms with Crippen molar-refractivity contribution in [2.75, 3.05) is 11.9 Å². The number of fused-ring (bicyclic) bond motifs is 2. The van der Waals surface area contributed by atoms with Crippen molar-refractivity contribution in [3.63, 3.8) is 0 Å². The Morgan fingerprint density at radius 3 is 2.78 bits per heavy atom. The van der Waals surface area contributed by atoms with Crippen molar-refractivity contribution in [1.82, 2.24) is 15.5 Å². The van der Waals surface area contributed by atoms with Gasteiger partial charge in [-0.05, 0) is 32.4 Å². The van der Waals surface area contributed by atoms with Crippen LogP contribution in [0.1, 0.15) is 30.6 Å². The summed E-state index contributed by atoms with van der Waals surface area (Å²) in [6, 6.07) is 5.54. The fourth-order valence-corrected chi connectivity index (χ4v) is 3.11. The minimum Gasteiger partial charge on any atom is -0.336 e. The van der Waals surface area contributed by atoms with Crippen LogP contribution >= 0.6 is 0 Å². The fourth-order valence-electron chi connectivity index (χ4n) is 3.11. The lowest BCUT2D eigenvalue weighted by molar-refractivity contribution is -0.120. The van der Waals surface area contributed by atoms with E-state index in [4.69, 9.17) is 0 Å². The van der Waals surface area contributed by atoms with Crippen LogP contribution in [0.15, 0.2) is 24.3 Å². The van der Waals surface area contributed by atoms with Gasteiger partial charge in [0, 0.05) is 12.6 Å². The number of carbonyl (C=O) groups excluding carboxylic acids is 3. The van der Waals surface area contributed by atoms with Crippen LogP contribution in [-0.2, 0) is 4.79 Å². The molecular formula is C16H20N4O3. The first-order valence-corrected chi connectivity index (χ1v) is 7.75. The molecule has 2 aliphatic rings. The highest BCUT2D eigenvalue weighted by atomic mass is 16.2. The number of nitrogens with one attached hydrogen (secondary N) is 3. The number of urea groups is 1. The van der Waals surface area contributed by atoms with Crippen molar-refractivity contribution in [3.05, 3.63) is 29.8 Å². The summed E-state index contributed by atoms with van der Waals surface area (Å²) >= 11 is 0. The molecule has 0 bridgehead atoms. The summed E-state index contributed by atoms with van der Waals surface area (Å²) in [5.74, 6) is -0.451. The van der Waals surface area contributed by atoms with Crippen molar-refractivity contribution in [2.45, 2.75) is 38.4 Å². The third kappa shape index (κ3) is 2.86. The molecular weight excluding hydrogens is 296 g/mol. The molecule has 1 aromatic rings. The number of para-hydroxylation sites is 1. The highest BCUT2D eigenvalue weighted by molar-refractivity contribution is 6.10. The highest BCUT2D eigenvalue weighted by Crippen LogP contribution is 2.28. The molecule has 1 fully saturated rings. The zero-order chi connectivity index (χ0) is 16.6. The first-order valence-electron chi connectivity index (χ1n) is 7.75. The maximum Gasteiger partial charge on any atom is 0.315 e. The van der Waals surface area contributed by atoms with E-state index in [-0.39, 0.29) is 23.9 Å². The number of carbonyl (C=O) groups is 3. The van der Waals surface area contributed by atoms with Gasteiger partial charge in [0.25, 0.3) is 5.91 Å². The fraction of sp³-hybridized carbons (Fsp3) is 0.438. The molecule has 0 aliphatic carbocycles. The third-order valence-electron chi connectivity index (χ3n) is 4.08. The summed E-state index contributed by atoms with van der Waals surface area (Å²) in [7, 11) is 0. The van der Waals surface area contributed by atoms with Crippen LogP contribution < -0.4 is 16.0 Å². The van der Waals surface area contributed by atoms with Crippen LogP contribution in [-0.4, -0.2) is 47.4 Å². The van der Waals surface area contributed by atoms with Crippen LogP contribution in [0, 0.1) is 0 Å². The number of hydrogen-bond donors (Lipinski definition) is 3. The van der Waals surface area contributed by atoms with E-state index < -0.39 is 12.1 Å². The molecule has 23 heavy (non-hydrogen) atoms. The number of amides is 4. The molecule has 2 atom stereocenters. The summed E-state index contributed by atoms with van der Waals surface area (Å²) in [4.78, 5) is 38.7. The second-order valence-corrected chi connectivity index (χ2v) is 6.15. The van der Waals surface area contributed by atoms with Crippen LogP contribution in [0.4, 0.5) is 10.5 Å². The maximum absolute atomic E-state index is 12.7. The van der Waals surface area contributed by atoms with Crippen LogP contribution in [0.25, 0.3) is 0 Å². The smallest absolute Gasteiger partial charge is 0.315 e. The summed E-state index contributed by atoms with van der Waals surface area (Å²) < 4.78 is 0. The zero-order valence-electron chi connectivity index (χ0n) is 13.1.